The molecule has 4 rings (SSSR count). The van der Waals surface area contributed by atoms with E-state index in [9.17, 15) is 4.79 Å². The van der Waals surface area contributed by atoms with Crippen molar-refractivity contribution in [2.24, 2.45) is 0 Å². The van der Waals surface area contributed by atoms with E-state index in [-0.39, 0.29) is 5.78 Å². The van der Waals surface area contributed by atoms with Crippen molar-refractivity contribution in [1.82, 2.24) is 0 Å². The lowest BCUT2D eigenvalue weighted by Crippen LogP contribution is -2.03. The molecule has 3 nitrogen and oxygen atoms in total. The third-order valence-corrected chi connectivity index (χ3v) is 6.19. The molecule has 0 aromatic heterocycles. The van der Waals surface area contributed by atoms with Crippen LogP contribution < -0.4 is 10.6 Å². The number of benzene rings is 4. The summed E-state index contributed by atoms with van der Waals surface area (Å²) in [7, 11) is 0. The Balaban J connectivity index is 0.00000176. The highest BCUT2D eigenvalue weighted by atomic mass is 32.1. The molecule has 186 valence electrons. The van der Waals surface area contributed by atoms with Crippen LogP contribution in [0.15, 0.2) is 72.8 Å². The summed E-state index contributed by atoms with van der Waals surface area (Å²) in [6, 6.07) is 24.1. The highest BCUT2D eigenvalue weighted by Crippen LogP contribution is 2.28. The van der Waals surface area contributed by atoms with Crippen LogP contribution in [0.1, 0.15) is 49.3 Å². The first-order chi connectivity index (χ1) is 17.2. The Morgan fingerprint density at radius 2 is 0.806 bits per heavy atom. The lowest BCUT2D eigenvalue weighted by molar-refractivity contribution is 0.103. The largest absolute Gasteiger partial charge is 0.355 e. The Labute approximate surface area is 221 Å². The molecule has 0 spiro atoms. The van der Waals surface area contributed by atoms with Gasteiger partial charge in [-0.3, -0.25) is 4.79 Å². The second-order valence-corrected chi connectivity index (χ2v) is 9.28. The number of hydrogen-bond acceptors (Lipinski definition) is 4. The highest BCUT2D eigenvalue weighted by molar-refractivity contribution is 7.79. The number of thiol groups is 1. The highest BCUT2D eigenvalue weighted by Gasteiger charge is 2.11. The first-order valence-electron chi connectivity index (χ1n) is 12.1. The summed E-state index contributed by atoms with van der Waals surface area (Å²) in [6.07, 6.45) is 1.69. The van der Waals surface area contributed by atoms with Crippen molar-refractivity contribution in [3.63, 3.8) is 0 Å². The van der Waals surface area contributed by atoms with Gasteiger partial charge in [-0.2, -0.15) is 12.6 Å². The van der Waals surface area contributed by atoms with Gasteiger partial charge in [0.25, 0.3) is 0 Å². The third kappa shape index (κ3) is 6.38. The molecule has 36 heavy (non-hydrogen) atoms. The van der Waals surface area contributed by atoms with Crippen molar-refractivity contribution >= 4 is 41.2 Å². The molecule has 4 aromatic carbocycles. The molecular formula is C32H36N2OS. The molecule has 0 fully saturated rings. The number of carbonyl (C=O) groups excluding carboxylic acids is 1. The first-order valence-corrected chi connectivity index (χ1v) is 13.0. The number of nitrogens with one attached hydrogen (secondary N) is 2. The van der Waals surface area contributed by atoms with Gasteiger partial charge in [0.05, 0.1) is 0 Å². The van der Waals surface area contributed by atoms with Crippen LogP contribution >= 0.6 is 12.6 Å². The van der Waals surface area contributed by atoms with Crippen molar-refractivity contribution in [2.45, 2.75) is 41.5 Å². The van der Waals surface area contributed by atoms with Gasteiger partial charge in [0.15, 0.2) is 5.78 Å². The smallest absolute Gasteiger partial charge is 0.193 e. The summed E-state index contributed by atoms with van der Waals surface area (Å²) >= 11 is 3.53. The molecule has 0 saturated carbocycles. The molecule has 0 saturated heterocycles. The summed E-state index contributed by atoms with van der Waals surface area (Å²) in [4.78, 5) is 13.0. The van der Waals surface area contributed by atoms with E-state index >= 15 is 0 Å². The Bertz CT molecular complexity index is 1210. The molecule has 0 aliphatic rings. The molecule has 0 atom stereocenters. The van der Waals surface area contributed by atoms with Gasteiger partial charge in [0.1, 0.15) is 0 Å². The molecule has 0 radical (unpaired) electrons. The monoisotopic (exact) mass is 496 g/mol. The minimum absolute atomic E-state index is 0.0171. The average Bonchev–Trinajstić information content (AvgIpc) is 2.85. The summed E-state index contributed by atoms with van der Waals surface area (Å²) in [6.45, 7) is 12.7. The fourth-order valence-electron chi connectivity index (χ4n) is 4.62. The van der Waals surface area contributed by atoms with E-state index in [0.29, 0.717) is 11.1 Å². The second kappa shape index (κ2) is 12.0. The van der Waals surface area contributed by atoms with Crippen LogP contribution in [0, 0.1) is 41.5 Å². The first kappa shape index (κ1) is 27.1. The summed E-state index contributed by atoms with van der Waals surface area (Å²) in [5.74, 6) is 0.0171. The molecule has 2 N–H and O–H groups in total. The van der Waals surface area contributed by atoms with Crippen LogP contribution in [-0.2, 0) is 0 Å². The van der Waals surface area contributed by atoms with Crippen LogP contribution in [0.2, 0.25) is 0 Å². The van der Waals surface area contributed by atoms with Gasteiger partial charge in [-0.15, -0.1) is 0 Å². The number of aryl methyl sites for hydroxylation is 6. The molecule has 0 heterocycles. The molecule has 4 heteroatoms. The summed E-state index contributed by atoms with van der Waals surface area (Å²) < 4.78 is 0. The van der Waals surface area contributed by atoms with Gasteiger partial charge in [-0.1, -0.05) is 35.4 Å². The van der Waals surface area contributed by atoms with Gasteiger partial charge in [0, 0.05) is 33.9 Å². The Morgan fingerprint density at radius 3 is 1.08 bits per heavy atom. The van der Waals surface area contributed by atoms with E-state index in [4.69, 9.17) is 0 Å². The zero-order valence-electron chi connectivity index (χ0n) is 22.3. The molecule has 0 bridgehead atoms. The quantitative estimate of drug-likeness (QED) is 0.184. The predicted molar refractivity (Wildman–Crippen MR) is 159 cm³/mol. The molecule has 0 aliphatic carbocycles. The normalized spacial score (nSPS) is 10.3. The van der Waals surface area contributed by atoms with E-state index in [1.165, 1.54) is 33.4 Å². The Morgan fingerprint density at radius 1 is 0.528 bits per heavy atom. The predicted octanol–water partition coefficient (Wildman–Crippen LogP) is 8.80. The Kier molecular flexibility index (Phi) is 9.00. The molecule has 0 amide bonds. The van der Waals surface area contributed by atoms with E-state index in [2.05, 4.69) is 89.1 Å². The standard InChI is InChI=1S/C31H32N2O.CH4S/c1-19-15-21(3)29(22(4)16-19)32-27-11-7-25(8-12-27)31(34)26-9-13-28(14-10-26)33-30-23(5)17-20(2)18-24(30)6;1-2/h7-18,32-33H,1-6H3;2H,1H3. The molecule has 4 aromatic rings. The molecule has 0 aliphatic heterocycles. The molecule has 0 unspecified atom stereocenters. The van der Waals surface area contributed by atoms with Crippen LogP contribution in [0.25, 0.3) is 0 Å². The van der Waals surface area contributed by atoms with E-state index in [1.54, 1.807) is 6.26 Å². The number of carbonyl (C=O) groups is 1. The van der Waals surface area contributed by atoms with Crippen LogP contribution in [0.4, 0.5) is 22.7 Å². The van der Waals surface area contributed by atoms with Crippen LogP contribution in [0.5, 0.6) is 0 Å². The van der Waals surface area contributed by atoms with Gasteiger partial charge in [-0.25, -0.2) is 0 Å². The van der Waals surface area contributed by atoms with Gasteiger partial charge in [0.2, 0.25) is 0 Å². The zero-order chi connectivity index (χ0) is 26.4. The van der Waals surface area contributed by atoms with Crippen molar-refractivity contribution in [3.05, 3.63) is 117 Å². The van der Waals surface area contributed by atoms with Crippen LogP contribution in [-0.4, -0.2) is 12.0 Å². The summed E-state index contributed by atoms with van der Waals surface area (Å²) in [5.41, 5.74) is 12.9. The SMILES string of the molecule is CS.Cc1cc(C)c(Nc2ccc(C(=O)c3ccc(Nc4c(C)cc(C)cc4C)cc3)cc2)c(C)c1. The third-order valence-electron chi connectivity index (χ3n) is 6.19. The number of rotatable bonds is 6. The topological polar surface area (TPSA) is 41.1 Å². The zero-order valence-corrected chi connectivity index (χ0v) is 23.2. The maximum atomic E-state index is 13.0. The second-order valence-electron chi connectivity index (χ2n) is 9.28. The van der Waals surface area contributed by atoms with Crippen LogP contribution in [0.3, 0.4) is 0 Å². The van der Waals surface area contributed by atoms with Crippen molar-refractivity contribution < 1.29 is 4.79 Å². The lowest BCUT2D eigenvalue weighted by Gasteiger charge is -2.15. The lowest BCUT2D eigenvalue weighted by atomic mass is 10.0. The maximum absolute atomic E-state index is 13.0. The molecular weight excluding hydrogens is 460 g/mol. The minimum atomic E-state index is 0.0171. The fraction of sp³-hybridized carbons (Fsp3) is 0.219. The van der Waals surface area contributed by atoms with Gasteiger partial charge in [-0.05, 0) is 119 Å². The van der Waals surface area contributed by atoms with E-state index in [1.807, 2.05) is 48.5 Å². The van der Waals surface area contributed by atoms with Gasteiger partial charge >= 0.3 is 0 Å². The number of anilines is 4. The summed E-state index contributed by atoms with van der Waals surface area (Å²) in [5, 5.41) is 6.99. The number of hydrogen-bond donors (Lipinski definition) is 3. The Hall–Kier alpha value is -3.50. The van der Waals surface area contributed by atoms with Gasteiger partial charge < -0.3 is 10.6 Å². The number of ketones is 1. The fourth-order valence-corrected chi connectivity index (χ4v) is 4.62. The van der Waals surface area contributed by atoms with Crippen molar-refractivity contribution in [2.75, 3.05) is 16.9 Å². The maximum Gasteiger partial charge on any atom is 0.193 e. The minimum Gasteiger partial charge on any atom is -0.355 e. The average molecular weight is 497 g/mol. The van der Waals surface area contributed by atoms with Crippen molar-refractivity contribution in [3.8, 4) is 0 Å². The van der Waals surface area contributed by atoms with Crippen molar-refractivity contribution in [1.29, 1.82) is 0 Å². The van der Waals surface area contributed by atoms with E-state index < -0.39 is 0 Å². The van der Waals surface area contributed by atoms with E-state index in [0.717, 1.165) is 22.7 Å².